The van der Waals surface area contributed by atoms with E-state index in [1.165, 1.54) is 16.8 Å². The number of aliphatic hydroxyl groups excluding tert-OH is 2. The lowest BCUT2D eigenvalue weighted by Gasteiger charge is -2.39. The minimum atomic E-state index is -1.12. The zero-order valence-electron chi connectivity index (χ0n) is 21.1. The first-order chi connectivity index (χ1) is 18.3. The molecule has 2 N–H and O–H groups in total. The van der Waals surface area contributed by atoms with Gasteiger partial charge in [0.05, 0.1) is 18.8 Å². The monoisotopic (exact) mass is 527 g/mol. The molecule has 3 heterocycles. The van der Waals surface area contributed by atoms with Crippen LogP contribution in [0, 0.1) is 5.82 Å². The first kappa shape index (κ1) is 25.9. The highest BCUT2D eigenvalue weighted by atomic mass is 19.1. The lowest BCUT2D eigenvalue weighted by atomic mass is 9.95. The first-order valence-electron chi connectivity index (χ1n) is 12.3. The number of carbonyl (C=O) groups excluding carboxylic acids is 1. The van der Waals surface area contributed by atoms with E-state index >= 15 is 0 Å². The minimum Gasteiger partial charge on any atom is -0.454 e. The molecule has 4 atom stereocenters. The molecule has 2 aliphatic rings. The third-order valence-corrected chi connectivity index (χ3v) is 6.94. The van der Waals surface area contributed by atoms with Crippen LogP contribution in [-0.4, -0.2) is 94.9 Å². The Kier molecular flexibility index (Phi) is 7.45. The summed E-state index contributed by atoms with van der Waals surface area (Å²) in [5, 5.41) is 28.9. The van der Waals surface area contributed by atoms with Crippen LogP contribution in [0.3, 0.4) is 0 Å². The number of amides is 1. The van der Waals surface area contributed by atoms with Gasteiger partial charge in [0.1, 0.15) is 29.8 Å². The van der Waals surface area contributed by atoms with Crippen molar-refractivity contribution in [2.75, 3.05) is 45.5 Å². The molecule has 2 aliphatic heterocycles. The third kappa shape index (κ3) is 5.28. The van der Waals surface area contributed by atoms with Crippen molar-refractivity contribution in [3.05, 3.63) is 54.5 Å². The Labute approximate surface area is 218 Å². The van der Waals surface area contributed by atoms with E-state index in [9.17, 15) is 19.4 Å². The Morgan fingerprint density at radius 2 is 1.97 bits per heavy atom. The Balaban J connectivity index is 1.24. The molecule has 1 saturated heterocycles. The lowest BCUT2D eigenvalue weighted by Crippen LogP contribution is -2.53. The van der Waals surface area contributed by atoms with Crippen molar-refractivity contribution < 1.29 is 33.6 Å². The van der Waals surface area contributed by atoms with Crippen molar-refractivity contribution >= 4 is 11.6 Å². The second-order valence-corrected chi connectivity index (χ2v) is 9.45. The first-order valence-corrected chi connectivity index (χ1v) is 12.3. The van der Waals surface area contributed by atoms with Gasteiger partial charge in [0, 0.05) is 50.9 Å². The van der Waals surface area contributed by atoms with E-state index in [0.717, 1.165) is 5.69 Å². The van der Waals surface area contributed by atoms with Crippen LogP contribution in [0.2, 0.25) is 0 Å². The Morgan fingerprint density at radius 1 is 1.16 bits per heavy atom. The van der Waals surface area contributed by atoms with Gasteiger partial charge in [0.25, 0.3) is 5.91 Å². The van der Waals surface area contributed by atoms with Crippen LogP contribution < -0.4 is 14.4 Å². The molecule has 1 amide bonds. The van der Waals surface area contributed by atoms with Crippen LogP contribution in [-0.2, 0) is 9.53 Å². The van der Waals surface area contributed by atoms with E-state index in [2.05, 4.69) is 10.3 Å². The summed E-state index contributed by atoms with van der Waals surface area (Å²) in [7, 11) is 3.60. The van der Waals surface area contributed by atoms with Gasteiger partial charge in [-0.05, 0) is 24.3 Å². The minimum absolute atomic E-state index is 0.130. The number of hydrogen-bond donors (Lipinski definition) is 2. The van der Waals surface area contributed by atoms with E-state index in [-0.39, 0.29) is 19.1 Å². The summed E-state index contributed by atoms with van der Waals surface area (Å²) in [6.45, 7) is 0.688. The van der Waals surface area contributed by atoms with Crippen LogP contribution in [0.4, 0.5) is 10.1 Å². The second-order valence-electron chi connectivity index (χ2n) is 9.45. The molecule has 0 aliphatic carbocycles. The summed E-state index contributed by atoms with van der Waals surface area (Å²) in [6.07, 6.45) is -1.27. The highest BCUT2D eigenvalue weighted by Crippen LogP contribution is 2.35. The molecule has 11 nitrogen and oxygen atoms in total. The molecule has 0 bridgehead atoms. The molecule has 5 rings (SSSR count). The van der Waals surface area contributed by atoms with Crippen molar-refractivity contribution in [3.63, 3.8) is 0 Å². The number of anilines is 1. The van der Waals surface area contributed by atoms with Crippen LogP contribution >= 0.6 is 0 Å². The molecular weight excluding hydrogens is 497 g/mol. The highest BCUT2D eigenvalue weighted by molar-refractivity contribution is 5.81. The van der Waals surface area contributed by atoms with Crippen molar-refractivity contribution in [3.8, 4) is 22.8 Å². The van der Waals surface area contributed by atoms with Crippen molar-refractivity contribution in [2.24, 2.45) is 0 Å². The number of halogens is 1. The number of likely N-dealkylation sites (N-methyl/N-ethyl adjacent to an activating group) is 2. The van der Waals surface area contributed by atoms with Gasteiger partial charge in [-0.25, -0.2) is 9.07 Å². The van der Waals surface area contributed by atoms with Gasteiger partial charge in [-0.1, -0.05) is 17.3 Å². The number of aromatic nitrogens is 3. The lowest BCUT2D eigenvalue weighted by molar-refractivity contribution is -0.177. The van der Waals surface area contributed by atoms with Crippen molar-refractivity contribution in [1.82, 2.24) is 19.9 Å². The van der Waals surface area contributed by atoms with Gasteiger partial charge in [0.2, 0.25) is 6.79 Å². The molecule has 12 heteroatoms. The summed E-state index contributed by atoms with van der Waals surface area (Å²) in [5.41, 5.74) is 1.89. The number of nitrogens with zero attached hydrogens (tertiary/aromatic N) is 5. The van der Waals surface area contributed by atoms with Crippen LogP contribution in [0.5, 0.6) is 11.5 Å². The molecule has 0 radical (unpaired) electrons. The Bertz CT molecular complexity index is 1290. The van der Waals surface area contributed by atoms with Gasteiger partial charge < -0.3 is 34.2 Å². The molecular formula is C26H30FN5O6. The van der Waals surface area contributed by atoms with Gasteiger partial charge in [-0.15, -0.1) is 5.10 Å². The fourth-order valence-corrected chi connectivity index (χ4v) is 4.65. The van der Waals surface area contributed by atoms with E-state index in [1.54, 1.807) is 30.3 Å². The number of benzene rings is 2. The largest absolute Gasteiger partial charge is 0.454 e. The fourth-order valence-electron chi connectivity index (χ4n) is 4.65. The predicted octanol–water partition coefficient (Wildman–Crippen LogP) is 1.46. The SMILES string of the molecule is CN(CCN(C)c1ccc2c(c1)OCO2)C(=O)[C@H]1C[C@@H](n2cc(-c3cccc(F)c3)nn2)[C@@H](O)[C@@H](CO)O1. The van der Waals surface area contributed by atoms with E-state index in [0.29, 0.717) is 35.8 Å². The maximum Gasteiger partial charge on any atom is 0.251 e. The summed E-state index contributed by atoms with van der Waals surface area (Å²) >= 11 is 0. The van der Waals surface area contributed by atoms with Gasteiger partial charge in [-0.3, -0.25) is 4.79 Å². The molecule has 1 fully saturated rings. The maximum absolute atomic E-state index is 13.7. The summed E-state index contributed by atoms with van der Waals surface area (Å²) in [4.78, 5) is 16.9. The number of aliphatic hydroxyl groups is 2. The van der Waals surface area contributed by atoms with Gasteiger partial charge >= 0.3 is 0 Å². The maximum atomic E-state index is 13.7. The molecule has 0 unspecified atom stereocenters. The van der Waals surface area contributed by atoms with Gasteiger partial charge in [-0.2, -0.15) is 0 Å². The quantitative estimate of drug-likeness (QED) is 0.448. The van der Waals surface area contributed by atoms with Crippen molar-refractivity contribution in [1.29, 1.82) is 0 Å². The smallest absolute Gasteiger partial charge is 0.251 e. The topological polar surface area (TPSA) is 122 Å². The average Bonchev–Trinajstić information content (AvgIpc) is 3.61. The van der Waals surface area contributed by atoms with E-state index in [4.69, 9.17) is 14.2 Å². The van der Waals surface area contributed by atoms with E-state index < -0.39 is 36.8 Å². The Hall–Kier alpha value is -3.74. The summed E-state index contributed by atoms with van der Waals surface area (Å²) in [6, 6.07) is 10.9. The molecule has 0 saturated carbocycles. The fraction of sp³-hybridized carbons (Fsp3) is 0.423. The predicted molar refractivity (Wildman–Crippen MR) is 134 cm³/mol. The molecule has 3 aromatic rings. The third-order valence-electron chi connectivity index (χ3n) is 6.94. The van der Waals surface area contributed by atoms with Crippen LogP contribution in [0.15, 0.2) is 48.7 Å². The number of rotatable bonds is 8. The number of carbonyl (C=O) groups is 1. The Morgan fingerprint density at radius 3 is 2.76 bits per heavy atom. The average molecular weight is 528 g/mol. The normalized spacial score (nSPS) is 22.3. The van der Waals surface area contributed by atoms with E-state index in [1.807, 2.05) is 30.1 Å². The number of hydrogen-bond acceptors (Lipinski definition) is 9. The zero-order valence-corrected chi connectivity index (χ0v) is 21.1. The molecule has 202 valence electrons. The van der Waals surface area contributed by atoms with Crippen molar-refractivity contribution in [2.45, 2.75) is 30.8 Å². The summed E-state index contributed by atoms with van der Waals surface area (Å²) in [5.74, 6) is 0.712. The number of ether oxygens (including phenoxy) is 3. The molecule has 38 heavy (non-hydrogen) atoms. The number of fused-ring (bicyclic) bond motifs is 1. The molecule has 1 aromatic heterocycles. The standard InChI is InChI=1S/C26H30FN5O6/c1-30(18-6-7-21-22(11-18)37-15-36-21)8-9-31(2)26(35)23-12-20(25(34)24(14-33)38-23)32-13-19(28-29-32)16-4-3-5-17(27)10-16/h3-7,10-11,13,20,23-25,33-34H,8-9,12,14-15H2,1-2H3/t20-,23-,24-,25-/m1/s1. The molecule has 2 aromatic carbocycles. The summed E-state index contributed by atoms with van der Waals surface area (Å²) < 4.78 is 31.7. The highest BCUT2D eigenvalue weighted by Gasteiger charge is 2.42. The van der Waals surface area contributed by atoms with Crippen LogP contribution in [0.25, 0.3) is 11.3 Å². The second kappa shape index (κ2) is 10.9. The van der Waals surface area contributed by atoms with Crippen LogP contribution in [0.1, 0.15) is 12.5 Å². The van der Waals surface area contributed by atoms with Gasteiger partial charge in [0.15, 0.2) is 11.5 Å². The molecule has 0 spiro atoms. The zero-order chi connectivity index (χ0) is 26.8.